The Balaban J connectivity index is 0.000000268. The Morgan fingerprint density at radius 1 is 0.556 bits per heavy atom. The van der Waals surface area contributed by atoms with Gasteiger partial charge in [-0.3, -0.25) is 28.7 Å². The molecule has 8 aromatic rings. The highest BCUT2D eigenvalue weighted by Gasteiger charge is 2.34. The van der Waals surface area contributed by atoms with Crippen LogP contribution < -0.4 is 29.6 Å². The van der Waals surface area contributed by atoms with Crippen molar-refractivity contribution in [1.29, 1.82) is 0 Å². The van der Waals surface area contributed by atoms with E-state index in [9.17, 15) is 40.0 Å². The molecular formula is C79H77F2N11O14S2. The Morgan fingerprint density at radius 3 is 1.33 bits per heavy atom. The summed E-state index contributed by atoms with van der Waals surface area (Å²) in [6.07, 6.45) is 24.6. The standard InChI is InChI=1S/C27H31FN6O5.C23H24FN5O3.C14H2.2C7H8O3S.CH4/c1-5-37-22-7-6-8-30-25(22)38-21-9-17(11-29-14-21)23-31-12-18(13-32-23)24(35)33-20-10-19(28)15-34(16-20)26(36)39-27(2,3)4;1-2-31-20-7-4-8-26-23(20)32-19-9-15(11-25-14-19)21-27-12-16(13-28-21)22(30)29-18-6-3-5-17(24)10-18;1-3-5-7-9-11-13-14-12-10-8-6-4-2;2*1-6-2-4-7(5-3-6)11(8,9)10;/h6-9,11-14,19-20H,5,10,15-16H2,1-4H3,(H,33,35);4,7-9,11-14,17-18H,2-3,5-6,10H2,1H3,(H,29,30);1-2H;2*2-5H,1H3,(H,8,9,10);1H4/t19-,20-;17-,18-;;;;/m01..../s1. The first-order valence-electron chi connectivity index (χ1n) is 32.6. The normalized spacial score (nSPS) is 14.4. The number of nitrogens with zero attached hydrogens (tertiary/aromatic N) is 9. The van der Waals surface area contributed by atoms with Gasteiger partial charge in [0.05, 0.1) is 53.1 Å². The van der Waals surface area contributed by atoms with Crippen LogP contribution in [0.1, 0.15) is 106 Å². The zero-order chi connectivity index (χ0) is 77.8. The van der Waals surface area contributed by atoms with Crippen molar-refractivity contribution in [3.05, 3.63) is 169 Å². The Bertz CT molecular complexity index is 4890. The lowest BCUT2D eigenvalue weighted by atomic mass is 9.94. The van der Waals surface area contributed by atoms with Crippen molar-refractivity contribution in [2.45, 2.75) is 128 Å². The SMILES string of the molecule is C.C#CC#CC#CC#CC#CC#CC#C.CCOc1cccnc1Oc1cncc(-c2ncc(C(=O)N[C@@H]3CCC[C@@H](F)C3)cn2)c1.CCOc1cccnc1Oc1cncc(-c2ncc(C(=O)N[C@H]3C[C@H](F)CN(C(=O)OC(C)(C)C)C3)cn2)c1.Cc1ccc(S(=O)(=O)O)cc1.Cc1ccc(S(=O)(=O)O)cc1. The van der Waals surface area contributed by atoms with E-state index in [1.807, 2.05) is 27.7 Å². The summed E-state index contributed by atoms with van der Waals surface area (Å²) in [6.45, 7) is 13.7. The minimum atomic E-state index is -4.02. The van der Waals surface area contributed by atoms with Crippen molar-refractivity contribution < 1.29 is 72.8 Å². The van der Waals surface area contributed by atoms with Gasteiger partial charge < -0.3 is 39.2 Å². The summed E-state index contributed by atoms with van der Waals surface area (Å²) in [7, 11) is -8.04. The van der Waals surface area contributed by atoms with Gasteiger partial charge in [-0.25, -0.2) is 43.5 Å². The molecule has 2 aliphatic rings. The summed E-state index contributed by atoms with van der Waals surface area (Å²) >= 11 is 0. The number of piperidine rings is 1. The van der Waals surface area contributed by atoms with Gasteiger partial charge in [-0.05, 0) is 206 Å². The van der Waals surface area contributed by atoms with Gasteiger partial charge in [0.2, 0.25) is 0 Å². The number of alkyl halides is 2. The van der Waals surface area contributed by atoms with Gasteiger partial charge in [0.1, 0.15) is 29.4 Å². The van der Waals surface area contributed by atoms with E-state index in [1.54, 1.807) is 112 Å². The average Bonchev–Trinajstić information content (AvgIpc) is 0.833. The number of hydrogen-bond acceptors (Lipinski definition) is 20. The molecule has 1 aliphatic carbocycles. The van der Waals surface area contributed by atoms with Gasteiger partial charge in [-0.1, -0.05) is 42.8 Å². The van der Waals surface area contributed by atoms with Crippen molar-refractivity contribution in [3.63, 3.8) is 0 Å². The van der Waals surface area contributed by atoms with E-state index in [-0.39, 0.29) is 54.2 Å². The summed E-state index contributed by atoms with van der Waals surface area (Å²) in [5.41, 5.74) is 2.91. The molecule has 1 aliphatic heterocycles. The number of halogens is 2. The number of nitrogens with one attached hydrogen (secondary N) is 2. The first kappa shape index (κ1) is 85.9. The van der Waals surface area contributed by atoms with Crippen LogP contribution in [0.25, 0.3) is 22.8 Å². The van der Waals surface area contributed by atoms with E-state index >= 15 is 0 Å². The van der Waals surface area contributed by atoms with Crippen LogP contribution in [0.3, 0.4) is 0 Å². The maximum atomic E-state index is 14.3. The minimum absolute atomic E-state index is 0. The van der Waals surface area contributed by atoms with Gasteiger partial charge in [-0.2, -0.15) is 16.8 Å². The molecule has 0 radical (unpaired) electrons. The van der Waals surface area contributed by atoms with Gasteiger partial charge in [-0.15, -0.1) is 12.8 Å². The molecule has 4 N–H and O–H groups in total. The van der Waals surface area contributed by atoms with E-state index < -0.39 is 56.2 Å². The Kier molecular flexibility index (Phi) is 34.6. The fourth-order valence-corrected chi connectivity index (χ4v) is 10.2. The van der Waals surface area contributed by atoms with Crippen molar-refractivity contribution in [2.24, 2.45) is 0 Å². The molecule has 0 bridgehead atoms. The largest absolute Gasteiger partial charge is 0.488 e. The molecule has 7 heterocycles. The number of amides is 3. The van der Waals surface area contributed by atoms with Gasteiger partial charge >= 0.3 is 6.09 Å². The number of aryl methyl sites for hydroxylation is 2. The third-order valence-corrected chi connectivity index (χ3v) is 15.7. The summed E-state index contributed by atoms with van der Waals surface area (Å²) in [6, 6.07) is 21.7. The van der Waals surface area contributed by atoms with Crippen molar-refractivity contribution >= 4 is 38.1 Å². The molecule has 108 heavy (non-hydrogen) atoms. The Hall–Kier alpha value is -12.8. The predicted molar refractivity (Wildman–Crippen MR) is 400 cm³/mol. The first-order valence-corrected chi connectivity index (χ1v) is 35.5. The molecule has 558 valence electrons. The van der Waals surface area contributed by atoms with Crippen LogP contribution in [0.5, 0.6) is 34.8 Å². The lowest BCUT2D eigenvalue weighted by Crippen LogP contribution is -2.54. The quantitative estimate of drug-likeness (QED) is 0.0516. The molecule has 6 aromatic heterocycles. The first-order chi connectivity index (χ1) is 51.1. The maximum absolute atomic E-state index is 14.3. The maximum Gasteiger partial charge on any atom is 0.410 e. The highest BCUT2D eigenvalue weighted by atomic mass is 32.2. The number of benzene rings is 2. The number of hydrogen-bond donors (Lipinski definition) is 4. The predicted octanol–water partition coefficient (Wildman–Crippen LogP) is 11.7. The van der Waals surface area contributed by atoms with E-state index in [4.69, 9.17) is 45.6 Å². The number of carbonyl (C=O) groups excluding carboxylic acids is 3. The zero-order valence-electron chi connectivity index (χ0n) is 59.1. The van der Waals surface area contributed by atoms with Crippen LogP contribution in [0.2, 0.25) is 0 Å². The van der Waals surface area contributed by atoms with E-state index in [1.165, 1.54) is 60.1 Å². The van der Waals surface area contributed by atoms with E-state index in [0.717, 1.165) is 24.0 Å². The molecule has 3 amide bonds. The molecule has 1 saturated heterocycles. The minimum Gasteiger partial charge on any atom is -0.488 e. The fraction of sp³-hybridized carbons (Fsp3) is 0.278. The smallest absolute Gasteiger partial charge is 0.410 e. The second kappa shape index (κ2) is 43.5. The number of rotatable bonds is 16. The molecular weight excluding hydrogens is 1430 g/mol. The van der Waals surface area contributed by atoms with Crippen molar-refractivity contribution in [3.8, 4) is 141 Å². The lowest BCUT2D eigenvalue weighted by molar-refractivity contribution is 0.00938. The van der Waals surface area contributed by atoms with E-state index in [0.29, 0.717) is 89.2 Å². The number of terminal acetylenes is 2. The molecule has 4 atom stereocenters. The van der Waals surface area contributed by atoms with Crippen LogP contribution in [-0.4, -0.2) is 145 Å². The number of carbonyl (C=O) groups is 3. The molecule has 29 heteroatoms. The fourth-order valence-electron chi connectivity index (χ4n) is 9.20. The molecule has 0 spiro atoms. The number of ether oxygens (including phenoxy) is 5. The van der Waals surface area contributed by atoms with E-state index in [2.05, 4.69) is 122 Å². The molecule has 10 rings (SSSR count). The lowest BCUT2D eigenvalue weighted by Gasteiger charge is -2.36. The number of aromatic nitrogens is 8. The Morgan fingerprint density at radius 2 is 0.954 bits per heavy atom. The van der Waals surface area contributed by atoms with Crippen LogP contribution in [0, 0.1) is 97.7 Å². The van der Waals surface area contributed by atoms with Gasteiger partial charge in [0.25, 0.3) is 43.8 Å². The molecule has 0 unspecified atom stereocenters. The molecule has 25 nitrogen and oxygen atoms in total. The van der Waals surface area contributed by atoms with Crippen LogP contribution in [-0.2, 0) is 25.0 Å². The number of pyridine rings is 4. The third-order valence-electron chi connectivity index (χ3n) is 13.9. The highest BCUT2D eigenvalue weighted by Crippen LogP contribution is 2.32. The molecule has 1 saturated carbocycles. The Labute approximate surface area is 627 Å². The molecule has 2 fully saturated rings. The zero-order valence-corrected chi connectivity index (χ0v) is 60.7. The second-order valence-corrected chi connectivity index (χ2v) is 26.4. The summed E-state index contributed by atoms with van der Waals surface area (Å²) in [5, 5.41) is 5.63. The number of likely N-dealkylation sites (tertiary alicyclic amines) is 1. The summed E-state index contributed by atoms with van der Waals surface area (Å²) < 4.78 is 115. The van der Waals surface area contributed by atoms with Crippen LogP contribution >= 0.6 is 0 Å². The summed E-state index contributed by atoms with van der Waals surface area (Å²) in [5.74, 6) is 30.8. The van der Waals surface area contributed by atoms with Crippen LogP contribution in [0.4, 0.5) is 13.6 Å². The van der Waals surface area contributed by atoms with Crippen molar-refractivity contribution in [2.75, 3.05) is 26.3 Å². The van der Waals surface area contributed by atoms with Crippen LogP contribution in [0.15, 0.2) is 157 Å². The third kappa shape index (κ3) is 30.5. The second-order valence-electron chi connectivity index (χ2n) is 23.5. The highest BCUT2D eigenvalue weighted by molar-refractivity contribution is 7.86. The van der Waals surface area contributed by atoms with Gasteiger partial charge in [0.15, 0.2) is 23.1 Å². The van der Waals surface area contributed by atoms with Gasteiger partial charge in [0, 0.05) is 85.8 Å². The van der Waals surface area contributed by atoms with Crippen molar-refractivity contribution in [1.82, 2.24) is 55.4 Å². The topological polar surface area (TPSA) is 337 Å². The monoisotopic (exact) mass is 1510 g/mol. The summed E-state index contributed by atoms with van der Waals surface area (Å²) in [4.78, 5) is 72.7. The molecule has 2 aromatic carbocycles. The average molecular weight is 1510 g/mol.